The van der Waals surface area contributed by atoms with Crippen LogP contribution >= 0.6 is 11.8 Å². The van der Waals surface area contributed by atoms with E-state index < -0.39 is 0 Å². The van der Waals surface area contributed by atoms with Gasteiger partial charge < -0.3 is 10.1 Å². The second kappa shape index (κ2) is 9.49. The summed E-state index contributed by atoms with van der Waals surface area (Å²) in [7, 11) is 1.96. The van der Waals surface area contributed by atoms with Crippen LogP contribution in [-0.2, 0) is 11.3 Å². The van der Waals surface area contributed by atoms with Crippen molar-refractivity contribution in [3.63, 3.8) is 0 Å². The fraction of sp³-hybridized carbons (Fsp3) is 0.350. The van der Waals surface area contributed by atoms with Crippen LogP contribution in [0.3, 0.4) is 0 Å². The average molecular weight is 359 g/mol. The molecular formula is C20H26N2O2S. The molecule has 0 unspecified atom stereocenters. The largest absolute Gasteiger partial charge is 0.494 e. The lowest BCUT2D eigenvalue weighted by molar-refractivity contribution is -0.120. The second-order valence-electron chi connectivity index (χ2n) is 5.86. The van der Waals surface area contributed by atoms with Crippen molar-refractivity contribution in [1.29, 1.82) is 0 Å². The third-order valence-corrected chi connectivity index (χ3v) is 4.87. The number of rotatable bonds is 8. The highest BCUT2D eigenvalue weighted by atomic mass is 32.2. The summed E-state index contributed by atoms with van der Waals surface area (Å²) in [6.45, 7) is 5.25. The third-order valence-electron chi connectivity index (χ3n) is 4.07. The topological polar surface area (TPSA) is 41.6 Å². The van der Waals surface area contributed by atoms with Crippen molar-refractivity contribution in [2.75, 3.05) is 25.2 Å². The number of ether oxygens (including phenoxy) is 1. The summed E-state index contributed by atoms with van der Waals surface area (Å²) < 4.78 is 5.46. The average Bonchev–Trinajstić information content (AvgIpc) is 2.63. The minimum absolute atomic E-state index is 0.00469. The van der Waals surface area contributed by atoms with Gasteiger partial charge in [-0.25, -0.2) is 0 Å². The van der Waals surface area contributed by atoms with Crippen LogP contribution in [0.1, 0.15) is 19.4 Å². The molecule has 25 heavy (non-hydrogen) atoms. The smallest absolute Gasteiger partial charge is 0.241 e. The van der Waals surface area contributed by atoms with E-state index in [1.165, 1.54) is 0 Å². The number of para-hydroxylation sites is 1. The van der Waals surface area contributed by atoms with Crippen LogP contribution in [0.4, 0.5) is 5.69 Å². The molecule has 0 fully saturated rings. The molecule has 4 nitrogen and oxygen atoms in total. The van der Waals surface area contributed by atoms with Gasteiger partial charge in [0.05, 0.1) is 18.3 Å². The molecule has 0 radical (unpaired) electrons. The van der Waals surface area contributed by atoms with Gasteiger partial charge in [-0.1, -0.05) is 24.3 Å². The zero-order valence-electron chi connectivity index (χ0n) is 15.3. The van der Waals surface area contributed by atoms with E-state index in [1.54, 1.807) is 11.8 Å². The summed E-state index contributed by atoms with van der Waals surface area (Å²) in [5.74, 6) is 0.864. The van der Waals surface area contributed by atoms with Crippen LogP contribution in [0.15, 0.2) is 53.4 Å². The van der Waals surface area contributed by atoms with Crippen molar-refractivity contribution in [3.05, 3.63) is 54.1 Å². The van der Waals surface area contributed by atoms with E-state index in [0.29, 0.717) is 13.2 Å². The van der Waals surface area contributed by atoms with E-state index in [0.717, 1.165) is 21.9 Å². The van der Waals surface area contributed by atoms with Crippen molar-refractivity contribution in [2.45, 2.75) is 31.3 Å². The Morgan fingerprint density at radius 3 is 2.52 bits per heavy atom. The zero-order chi connectivity index (χ0) is 18.2. The highest BCUT2D eigenvalue weighted by Gasteiger charge is 2.19. The van der Waals surface area contributed by atoms with Crippen LogP contribution < -0.4 is 10.1 Å². The Labute approximate surface area is 154 Å². The summed E-state index contributed by atoms with van der Waals surface area (Å²) in [6.07, 6.45) is 2.01. The summed E-state index contributed by atoms with van der Waals surface area (Å²) in [4.78, 5) is 15.7. The van der Waals surface area contributed by atoms with Crippen LogP contribution in [0.25, 0.3) is 0 Å². The molecule has 0 aliphatic carbocycles. The quantitative estimate of drug-likeness (QED) is 0.716. The Kier molecular flexibility index (Phi) is 7.34. The van der Waals surface area contributed by atoms with Crippen molar-refractivity contribution >= 4 is 23.4 Å². The molecular weight excluding hydrogens is 332 g/mol. The maximum atomic E-state index is 12.6. The van der Waals surface area contributed by atoms with E-state index in [2.05, 4.69) is 5.32 Å². The van der Waals surface area contributed by atoms with Crippen molar-refractivity contribution in [1.82, 2.24) is 4.90 Å². The lowest BCUT2D eigenvalue weighted by Crippen LogP contribution is -2.39. The first-order valence-electron chi connectivity index (χ1n) is 8.41. The summed E-state index contributed by atoms with van der Waals surface area (Å²) >= 11 is 1.63. The first kappa shape index (κ1) is 19.3. The van der Waals surface area contributed by atoms with Gasteiger partial charge in [0, 0.05) is 11.4 Å². The van der Waals surface area contributed by atoms with Crippen LogP contribution in [0.2, 0.25) is 0 Å². The van der Waals surface area contributed by atoms with Crippen molar-refractivity contribution in [2.24, 2.45) is 0 Å². The molecule has 1 atom stereocenters. The molecule has 0 saturated carbocycles. The van der Waals surface area contributed by atoms with Gasteiger partial charge in [0.25, 0.3) is 0 Å². The molecule has 1 N–H and O–H groups in total. The van der Waals surface area contributed by atoms with Gasteiger partial charge in [-0.2, -0.15) is 0 Å². The lowest BCUT2D eigenvalue weighted by Gasteiger charge is -2.24. The number of likely N-dealkylation sites (N-methyl/N-ethyl adjacent to an activating group) is 1. The molecule has 1 amide bonds. The molecule has 0 saturated heterocycles. The van der Waals surface area contributed by atoms with Crippen LogP contribution in [0, 0.1) is 0 Å². The van der Waals surface area contributed by atoms with Gasteiger partial charge in [-0.3, -0.25) is 9.69 Å². The summed E-state index contributed by atoms with van der Waals surface area (Å²) in [6, 6.07) is 15.6. The molecule has 2 aromatic rings. The molecule has 0 bridgehead atoms. The molecule has 5 heteroatoms. The number of benzene rings is 2. The maximum absolute atomic E-state index is 12.6. The summed E-state index contributed by atoms with van der Waals surface area (Å²) in [5.41, 5.74) is 2.01. The molecule has 0 spiro atoms. The molecule has 2 aromatic carbocycles. The number of amides is 1. The van der Waals surface area contributed by atoms with Gasteiger partial charge in [0.15, 0.2) is 0 Å². The number of nitrogens with one attached hydrogen (secondary N) is 1. The molecule has 0 heterocycles. The Balaban J connectivity index is 1.96. The van der Waals surface area contributed by atoms with E-state index >= 15 is 0 Å². The minimum Gasteiger partial charge on any atom is -0.494 e. The second-order valence-corrected chi connectivity index (χ2v) is 6.71. The normalized spacial score (nSPS) is 12.0. The monoisotopic (exact) mass is 358 g/mol. The summed E-state index contributed by atoms with van der Waals surface area (Å²) in [5, 5.41) is 3.03. The number of carbonyl (C=O) groups excluding carboxylic acids is 1. The first-order valence-corrected chi connectivity index (χ1v) is 9.63. The number of thioether (sulfide) groups is 1. The van der Waals surface area contributed by atoms with E-state index in [4.69, 9.17) is 4.74 Å². The Morgan fingerprint density at radius 1 is 1.20 bits per heavy atom. The molecule has 2 rings (SSSR count). The number of anilines is 1. The number of hydrogen-bond acceptors (Lipinski definition) is 4. The Bertz CT molecular complexity index is 688. The van der Waals surface area contributed by atoms with Gasteiger partial charge in [0.1, 0.15) is 5.75 Å². The fourth-order valence-electron chi connectivity index (χ4n) is 2.47. The number of hydrogen-bond donors (Lipinski definition) is 1. The number of carbonyl (C=O) groups is 1. The van der Waals surface area contributed by atoms with E-state index in [-0.39, 0.29) is 11.9 Å². The molecule has 0 aliphatic heterocycles. The molecule has 0 aromatic heterocycles. The molecule has 134 valence electrons. The van der Waals surface area contributed by atoms with Crippen molar-refractivity contribution in [3.8, 4) is 5.75 Å². The van der Waals surface area contributed by atoms with E-state index in [9.17, 15) is 4.79 Å². The van der Waals surface area contributed by atoms with Gasteiger partial charge in [-0.15, -0.1) is 11.8 Å². The lowest BCUT2D eigenvalue weighted by atomic mass is 10.1. The first-order chi connectivity index (χ1) is 12.0. The highest BCUT2D eigenvalue weighted by molar-refractivity contribution is 7.98. The fourth-order valence-corrected chi connectivity index (χ4v) is 3.02. The SMILES string of the molecule is CCOc1ccc(CN(C)[C@H](C)C(=O)Nc2ccccc2SC)cc1. The van der Waals surface area contributed by atoms with Gasteiger partial charge in [0.2, 0.25) is 5.91 Å². The predicted molar refractivity (Wildman–Crippen MR) is 105 cm³/mol. The van der Waals surface area contributed by atoms with E-state index in [1.807, 2.05) is 80.6 Å². The van der Waals surface area contributed by atoms with Gasteiger partial charge >= 0.3 is 0 Å². The standard InChI is InChI=1S/C20H26N2O2S/c1-5-24-17-12-10-16(11-13-17)14-22(3)15(2)20(23)21-18-8-6-7-9-19(18)25-4/h6-13,15H,5,14H2,1-4H3,(H,21,23)/t15-/m1/s1. The minimum atomic E-state index is -0.235. The Morgan fingerprint density at radius 2 is 1.88 bits per heavy atom. The maximum Gasteiger partial charge on any atom is 0.241 e. The van der Waals surface area contributed by atoms with Crippen LogP contribution in [0.5, 0.6) is 5.75 Å². The number of nitrogens with zero attached hydrogens (tertiary/aromatic N) is 1. The Hall–Kier alpha value is -1.98. The van der Waals surface area contributed by atoms with Gasteiger partial charge in [-0.05, 0) is 57.0 Å². The third kappa shape index (κ3) is 5.51. The molecule has 0 aliphatic rings. The predicted octanol–water partition coefficient (Wildman–Crippen LogP) is 4.27. The highest BCUT2D eigenvalue weighted by Crippen LogP contribution is 2.25. The van der Waals surface area contributed by atoms with Crippen LogP contribution in [-0.4, -0.2) is 36.8 Å². The zero-order valence-corrected chi connectivity index (χ0v) is 16.1. The van der Waals surface area contributed by atoms with Crippen molar-refractivity contribution < 1.29 is 9.53 Å².